The van der Waals surface area contributed by atoms with Gasteiger partial charge in [0.05, 0.1) is 16.9 Å². The fraction of sp³-hybridized carbons (Fsp3) is 0.308. The summed E-state index contributed by atoms with van der Waals surface area (Å²) < 4.78 is 0. The van der Waals surface area contributed by atoms with E-state index in [9.17, 15) is 0 Å². The number of H-pyrrole nitrogens is 1. The Kier molecular flexibility index (Phi) is 7.04. The van der Waals surface area contributed by atoms with Crippen molar-refractivity contribution >= 4 is 28.5 Å². The average Bonchev–Trinajstić information content (AvgIpc) is 3.47. The maximum absolute atomic E-state index is 6.47. The molecule has 4 rings (SSSR count). The number of aromatic amines is 1. The van der Waals surface area contributed by atoms with Gasteiger partial charge in [0.25, 0.3) is 0 Å². The lowest BCUT2D eigenvalue weighted by molar-refractivity contribution is 0.360. The van der Waals surface area contributed by atoms with Crippen molar-refractivity contribution in [3.63, 3.8) is 0 Å². The molecule has 1 saturated heterocycles. The minimum Gasteiger partial charge on any atom is -0.386 e. The molecule has 2 atom stereocenters. The number of para-hydroxylation sites is 1. The molecule has 1 aliphatic heterocycles. The van der Waals surface area contributed by atoms with Crippen LogP contribution in [0.15, 0.2) is 73.9 Å². The molecule has 33 heavy (non-hydrogen) atoms. The summed E-state index contributed by atoms with van der Waals surface area (Å²) in [4.78, 5) is 14.8. The predicted octanol–water partition coefficient (Wildman–Crippen LogP) is 5.59. The SMILES string of the molecule is C=CC(=C)NCCC(C)C(=C)N1CC[C@@H](Nc2ncc(Cl)c(-c3c[nH]c4ccccc34)n2)C1. The van der Waals surface area contributed by atoms with Gasteiger partial charge in [-0.05, 0) is 30.9 Å². The molecule has 2 aromatic heterocycles. The second-order valence-electron chi connectivity index (χ2n) is 8.55. The number of halogens is 1. The molecule has 3 heterocycles. The largest absolute Gasteiger partial charge is 0.386 e. The highest BCUT2D eigenvalue weighted by atomic mass is 35.5. The van der Waals surface area contributed by atoms with Crippen molar-refractivity contribution < 1.29 is 0 Å². The Morgan fingerprint density at radius 1 is 1.36 bits per heavy atom. The van der Waals surface area contributed by atoms with Crippen LogP contribution in [-0.4, -0.2) is 45.5 Å². The van der Waals surface area contributed by atoms with E-state index in [4.69, 9.17) is 16.6 Å². The van der Waals surface area contributed by atoms with Gasteiger partial charge in [-0.25, -0.2) is 9.97 Å². The number of benzene rings is 1. The van der Waals surface area contributed by atoms with Crippen LogP contribution in [0.25, 0.3) is 22.2 Å². The number of hydrogen-bond acceptors (Lipinski definition) is 5. The Morgan fingerprint density at radius 2 is 2.18 bits per heavy atom. The minimum absolute atomic E-state index is 0.254. The number of hydrogen-bond donors (Lipinski definition) is 3. The molecule has 7 heteroatoms. The van der Waals surface area contributed by atoms with E-state index in [1.54, 1.807) is 12.3 Å². The lowest BCUT2D eigenvalue weighted by Gasteiger charge is -2.26. The van der Waals surface area contributed by atoms with E-state index in [2.05, 4.69) is 58.2 Å². The van der Waals surface area contributed by atoms with E-state index in [0.717, 1.165) is 60.3 Å². The van der Waals surface area contributed by atoms with E-state index < -0.39 is 0 Å². The predicted molar refractivity (Wildman–Crippen MR) is 138 cm³/mol. The molecule has 3 N–H and O–H groups in total. The van der Waals surface area contributed by atoms with Gasteiger partial charge in [0.2, 0.25) is 5.95 Å². The van der Waals surface area contributed by atoms with Gasteiger partial charge in [-0.2, -0.15) is 0 Å². The van der Waals surface area contributed by atoms with Crippen molar-refractivity contribution in [2.75, 3.05) is 25.0 Å². The zero-order valence-electron chi connectivity index (χ0n) is 19.1. The molecule has 1 unspecified atom stereocenters. The Morgan fingerprint density at radius 3 is 3.00 bits per heavy atom. The van der Waals surface area contributed by atoms with E-state index in [1.807, 2.05) is 24.4 Å². The highest BCUT2D eigenvalue weighted by Gasteiger charge is 2.26. The lowest BCUT2D eigenvalue weighted by Crippen LogP contribution is -2.29. The molecular formula is C26H31ClN6. The molecule has 1 fully saturated rings. The molecule has 0 bridgehead atoms. The van der Waals surface area contributed by atoms with Gasteiger partial charge < -0.3 is 20.5 Å². The number of nitrogens with zero attached hydrogens (tertiary/aromatic N) is 3. The molecule has 0 aliphatic carbocycles. The Hall–Kier alpha value is -3.25. The first-order valence-electron chi connectivity index (χ1n) is 11.3. The highest BCUT2D eigenvalue weighted by Crippen LogP contribution is 2.32. The standard InChI is InChI=1S/C26H31ClN6/c1-5-18(3)28-12-10-17(2)19(4)33-13-11-20(16-33)31-26-30-15-23(27)25(32-26)22-14-29-24-9-7-6-8-21(22)24/h5-9,14-15,17,20,28-29H,1,3-4,10-13,16H2,2H3,(H,30,31,32)/t17?,20-/m1/s1. The zero-order chi connectivity index (χ0) is 23.4. The maximum Gasteiger partial charge on any atom is 0.223 e. The fourth-order valence-electron chi connectivity index (χ4n) is 4.21. The number of rotatable bonds is 10. The van der Waals surface area contributed by atoms with Crippen molar-refractivity contribution in [3.8, 4) is 11.3 Å². The summed E-state index contributed by atoms with van der Waals surface area (Å²) in [5.74, 6) is 0.978. The quantitative estimate of drug-likeness (QED) is 0.342. The summed E-state index contributed by atoms with van der Waals surface area (Å²) >= 11 is 6.47. The van der Waals surface area contributed by atoms with Crippen molar-refractivity contribution in [2.45, 2.75) is 25.8 Å². The summed E-state index contributed by atoms with van der Waals surface area (Å²) in [6, 6.07) is 8.38. The van der Waals surface area contributed by atoms with E-state index in [1.165, 1.54) is 5.70 Å². The van der Waals surface area contributed by atoms with Crippen molar-refractivity contribution in [3.05, 3.63) is 78.9 Å². The first-order valence-corrected chi connectivity index (χ1v) is 11.7. The summed E-state index contributed by atoms with van der Waals surface area (Å²) in [6.07, 6.45) is 7.36. The molecule has 0 spiro atoms. The van der Waals surface area contributed by atoms with Crippen LogP contribution < -0.4 is 10.6 Å². The van der Waals surface area contributed by atoms with Crippen LogP contribution in [0.4, 0.5) is 5.95 Å². The van der Waals surface area contributed by atoms with Gasteiger partial charge in [-0.15, -0.1) is 0 Å². The van der Waals surface area contributed by atoms with Crippen LogP contribution in [0.1, 0.15) is 19.8 Å². The molecule has 0 radical (unpaired) electrons. The normalized spacial score (nSPS) is 16.5. The molecule has 1 aliphatic rings. The lowest BCUT2D eigenvalue weighted by atomic mass is 10.0. The number of aromatic nitrogens is 3. The van der Waals surface area contributed by atoms with E-state index in [0.29, 0.717) is 16.9 Å². The van der Waals surface area contributed by atoms with Crippen molar-refractivity contribution in [2.24, 2.45) is 5.92 Å². The zero-order valence-corrected chi connectivity index (χ0v) is 19.8. The topological polar surface area (TPSA) is 68.9 Å². The van der Waals surface area contributed by atoms with E-state index >= 15 is 0 Å². The van der Waals surface area contributed by atoms with Gasteiger partial charge >= 0.3 is 0 Å². The van der Waals surface area contributed by atoms with Crippen LogP contribution in [0.2, 0.25) is 5.02 Å². The minimum atomic E-state index is 0.254. The third kappa shape index (κ3) is 5.22. The Balaban J connectivity index is 1.38. The van der Waals surface area contributed by atoms with Crippen LogP contribution in [0.5, 0.6) is 0 Å². The Labute approximate surface area is 200 Å². The maximum atomic E-state index is 6.47. The monoisotopic (exact) mass is 462 g/mol. The Bertz CT molecular complexity index is 1170. The number of allylic oxidation sites excluding steroid dienone is 2. The highest BCUT2D eigenvalue weighted by molar-refractivity contribution is 6.33. The third-order valence-electron chi connectivity index (χ3n) is 6.26. The molecule has 3 aromatic rings. The number of likely N-dealkylation sites (tertiary alicyclic amines) is 1. The summed E-state index contributed by atoms with van der Waals surface area (Å²) in [6.45, 7) is 16.9. The van der Waals surface area contributed by atoms with E-state index in [-0.39, 0.29) is 6.04 Å². The first-order chi connectivity index (χ1) is 16.0. The van der Waals surface area contributed by atoms with Crippen LogP contribution >= 0.6 is 11.6 Å². The molecular weight excluding hydrogens is 432 g/mol. The molecule has 0 amide bonds. The summed E-state index contributed by atoms with van der Waals surface area (Å²) in [5, 5.41) is 8.39. The van der Waals surface area contributed by atoms with Gasteiger partial charge in [-0.1, -0.05) is 56.5 Å². The van der Waals surface area contributed by atoms with Crippen molar-refractivity contribution in [1.82, 2.24) is 25.2 Å². The number of fused-ring (bicyclic) bond motifs is 1. The smallest absolute Gasteiger partial charge is 0.223 e. The average molecular weight is 463 g/mol. The molecule has 6 nitrogen and oxygen atoms in total. The van der Waals surface area contributed by atoms with Crippen LogP contribution in [0.3, 0.4) is 0 Å². The number of anilines is 1. The fourth-order valence-corrected chi connectivity index (χ4v) is 4.41. The number of nitrogens with one attached hydrogen (secondary N) is 3. The summed E-state index contributed by atoms with van der Waals surface area (Å²) in [7, 11) is 0. The van der Waals surface area contributed by atoms with Gasteiger partial charge in [0.1, 0.15) is 0 Å². The molecule has 1 aromatic carbocycles. The molecule has 0 saturated carbocycles. The van der Waals surface area contributed by atoms with Gasteiger partial charge in [0.15, 0.2) is 0 Å². The van der Waals surface area contributed by atoms with Crippen molar-refractivity contribution in [1.29, 1.82) is 0 Å². The van der Waals surface area contributed by atoms with Crippen LogP contribution in [0, 0.1) is 5.92 Å². The van der Waals surface area contributed by atoms with Gasteiger partial charge in [-0.3, -0.25) is 0 Å². The molecule has 172 valence electrons. The first kappa shape index (κ1) is 22.9. The summed E-state index contributed by atoms with van der Waals surface area (Å²) in [5.41, 5.74) is 4.78. The van der Waals surface area contributed by atoms with Gasteiger partial charge in [0, 0.05) is 59.7 Å². The second kappa shape index (κ2) is 10.1. The van der Waals surface area contributed by atoms with Crippen LogP contribution in [-0.2, 0) is 0 Å². The third-order valence-corrected chi connectivity index (χ3v) is 6.54. The second-order valence-corrected chi connectivity index (χ2v) is 8.96.